The van der Waals surface area contributed by atoms with Gasteiger partial charge in [-0.3, -0.25) is 24.0 Å². The van der Waals surface area contributed by atoms with Crippen LogP contribution in [0.25, 0.3) is 0 Å². The van der Waals surface area contributed by atoms with Crippen molar-refractivity contribution in [3.8, 4) is 0 Å². The quantitative estimate of drug-likeness (QED) is 0.285. The maximum atomic E-state index is 12.5. The van der Waals surface area contributed by atoms with Crippen LogP contribution in [0.5, 0.6) is 0 Å². The van der Waals surface area contributed by atoms with E-state index in [-0.39, 0.29) is 55.7 Å². The Balaban J connectivity index is 2.20. The molecule has 10 nitrogen and oxygen atoms in total. The molecule has 1 rings (SSSR count). The summed E-state index contributed by atoms with van der Waals surface area (Å²) >= 11 is 0.908. The van der Waals surface area contributed by atoms with E-state index in [1.807, 2.05) is 13.8 Å². The summed E-state index contributed by atoms with van der Waals surface area (Å²) in [6.45, 7) is 7.98. The molecular weight excluding hydrogens is 428 g/mol. The van der Waals surface area contributed by atoms with Crippen LogP contribution in [0.2, 0.25) is 0 Å². The third-order valence-electron chi connectivity index (χ3n) is 4.44. The van der Waals surface area contributed by atoms with E-state index in [2.05, 4.69) is 10.6 Å². The first-order valence-corrected chi connectivity index (χ1v) is 11.1. The summed E-state index contributed by atoms with van der Waals surface area (Å²) in [5, 5.41) is 13.5. The molecular formula is C20H32N2O8S. The highest BCUT2D eigenvalue weighted by Crippen LogP contribution is 2.34. The van der Waals surface area contributed by atoms with Crippen molar-refractivity contribution in [3.05, 3.63) is 0 Å². The monoisotopic (exact) mass is 460 g/mol. The standard InChI is InChI=1S/C20H32N2O8S/c1-19(2)12-29-20(3,4)30-17(19)18(28)22-8-7-14(24)21-9-10-31-16(27)11-13(23)5-6-15(25)26/h17H,5-12H2,1-4H3,(H,21,24)(H,22,28)(H,25,26)/t17-/m0/s1. The highest BCUT2D eigenvalue weighted by molar-refractivity contribution is 8.13. The molecule has 1 heterocycles. The summed E-state index contributed by atoms with van der Waals surface area (Å²) in [5.41, 5.74) is -0.499. The van der Waals surface area contributed by atoms with Gasteiger partial charge in [0.2, 0.25) is 11.8 Å². The molecule has 1 fully saturated rings. The van der Waals surface area contributed by atoms with E-state index in [9.17, 15) is 24.0 Å². The van der Waals surface area contributed by atoms with Crippen molar-refractivity contribution in [1.82, 2.24) is 10.6 Å². The number of ketones is 1. The molecule has 31 heavy (non-hydrogen) atoms. The number of carboxylic acids is 1. The Morgan fingerprint density at radius 2 is 1.68 bits per heavy atom. The Labute approximate surface area is 186 Å². The van der Waals surface area contributed by atoms with Crippen LogP contribution in [0, 0.1) is 5.41 Å². The van der Waals surface area contributed by atoms with Crippen LogP contribution in [0.4, 0.5) is 0 Å². The molecule has 0 aromatic heterocycles. The number of ether oxygens (including phenoxy) is 2. The van der Waals surface area contributed by atoms with Gasteiger partial charge in [-0.05, 0) is 13.8 Å². The second-order valence-electron chi connectivity index (χ2n) is 8.40. The first-order chi connectivity index (χ1) is 14.3. The number of carbonyl (C=O) groups excluding carboxylic acids is 4. The third kappa shape index (κ3) is 10.7. The van der Waals surface area contributed by atoms with Gasteiger partial charge in [0, 0.05) is 37.1 Å². The zero-order valence-electron chi connectivity index (χ0n) is 18.4. The minimum absolute atomic E-state index is 0.0745. The summed E-state index contributed by atoms with van der Waals surface area (Å²) in [5.74, 6) is -2.64. The topological polar surface area (TPSA) is 148 Å². The van der Waals surface area contributed by atoms with Crippen molar-refractivity contribution in [2.45, 2.75) is 65.3 Å². The summed E-state index contributed by atoms with van der Waals surface area (Å²) in [6, 6.07) is 0. The SMILES string of the molecule is CC1(C)OCC(C)(C)[C@H](C(=O)NCCC(=O)NCCSC(=O)CC(=O)CCC(=O)O)O1. The molecule has 0 radical (unpaired) electrons. The first-order valence-electron chi connectivity index (χ1n) is 10.1. The maximum Gasteiger partial charge on any atom is 0.303 e. The van der Waals surface area contributed by atoms with Crippen molar-refractivity contribution in [2.24, 2.45) is 5.41 Å². The van der Waals surface area contributed by atoms with Crippen LogP contribution in [-0.2, 0) is 33.4 Å². The molecule has 2 amide bonds. The second kappa shape index (κ2) is 12.2. The molecule has 3 N–H and O–H groups in total. The van der Waals surface area contributed by atoms with Gasteiger partial charge in [0.15, 0.2) is 10.9 Å². The van der Waals surface area contributed by atoms with Crippen molar-refractivity contribution in [3.63, 3.8) is 0 Å². The summed E-state index contributed by atoms with van der Waals surface area (Å²) in [7, 11) is 0. The van der Waals surface area contributed by atoms with E-state index in [4.69, 9.17) is 14.6 Å². The van der Waals surface area contributed by atoms with Crippen LogP contribution in [0.15, 0.2) is 0 Å². The molecule has 0 bridgehead atoms. The van der Waals surface area contributed by atoms with Gasteiger partial charge in [-0.25, -0.2) is 0 Å². The number of rotatable bonds is 12. The number of hydrogen-bond donors (Lipinski definition) is 3. The van der Waals surface area contributed by atoms with Gasteiger partial charge in [0.25, 0.3) is 0 Å². The number of aliphatic carboxylic acids is 1. The fraction of sp³-hybridized carbons (Fsp3) is 0.750. The Hall–Kier alpha value is -1.98. The average Bonchev–Trinajstić information content (AvgIpc) is 2.65. The largest absolute Gasteiger partial charge is 0.481 e. The minimum Gasteiger partial charge on any atom is -0.481 e. The predicted octanol–water partition coefficient (Wildman–Crippen LogP) is 0.870. The van der Waals surface area contributed by atoms with E-state index in [1.165, 1.54) is 0 Å². The molecule has 0 unspecified atom stereocenters. The van der Waals surface area contributed by atoms with Crippen molar-refractivity contribution in [1.29, 1.82) is 0 Å². The van der Waals surface area contributed by atoms with E-state index >= 15 is 0 Å². The second-order valence-corrected chi connectivity index (χ2v) is 9.55. The highest BCUT2D eigenvalue weighted by atomic mass is 32.2. The van der Waals surface area contributed by atoms with Crippen LogP contribution in [0.3, 0.4) is 0 Å². The molecule has 176 valence electrons. The number of hydrogen-bond acceptors (Lipinski definition) is 8. The Morgan fingerprint density at radius 1 is 1.00 bits per heavy atom. The number of carbonyl (C=O) groups is 5. The molecule has 0 saturated carbocycles. The summed E-state index contributed by atoms with van der Waals surface area (Å²) in [4.78, 5) is 57.8. The van der Waals surface area contributed by atoms with Crippen LogP contribution in [-0.4, -0.2) is 71.1 Å². The number of Topliss-reactive ketones (excluding diaryl/α,β-unsaturated/α-hetero) is 1. The van der Waals surface area contributed by atoms with Gasteiger partial charge in [0.05, 0.1) is 19.4 Å². The van der Waals surface area contributed by atoms with Gasteiger partial charge < -0.3 is 25.2 Å². The lowest BCUT2D eigenvalue weighted by atomic mass is 9.85. The van der Waals surface area contributed by atoms with E-state index in [0.29, 0.717) is 12.4 Å². The summed E-state index contributed by atoms with van der Waals surface area (Å²) in [6.07, 6.45) is -1.40. The predicted molar refractivity (Wildman–Crippen MR) is 113 cm³/mol. The van der Waals surface area contributed by atoms with Crippen molar-refractivity contribution < 1.29 is 38.6 Å². The summed E-state index contributed by atoms with van der Waals surface area (Å²) < 4.78 is 11.3. The molecule has 0 aromatic carbocycles. The Bertz CT molecular complexity index is 693. The average molecular weight is 461 g/mol. The zero-order chi connectivity index (χ0) is 23.7. The van der Waals surface area contributed by atoms with Gasteiger partial charge >= 0.3 is 5.97 Å². The lowest BCUT2D eigenvalue weighted by Gasteiger charge is -2.44. The first kappa shape index (κ1) is 27.1. The van der Waals surface area contributed by atoms with Crippen molar-refractivity contribution in [2.75, 3.05) is 25.4 Å². The van der Waals surface area contributed by atoms with Crippen LogP contribution < -0.4 is 10.6 Å². The van der Waals surface area contributed by atoms with Gasteiger partial charge in [0.1, 0.15) is 11.9 Å². The van der Waals surface area contributed by atoms with Crippen molar-refractivity contribution >= 4 is 40.4 Å². The number of thioether (sulfide) groups is 1. The number of carboxylic acid groups (broad SMARTS) is 1. The molecule has 1 aliphatic rings. The molecule has 0 aromatic rings. The van der Waals surface area contributed by atoms with Crippen LogP contribution in [0.1, 0.15) is 53.4 Å². The minimum atomic E-state index is -1.08. The van der Waals surface area contributed by atoms with E-state index < -0.39 is 29.1 Å². The maximum absolute atomic E-state index is 12.5. The smallest absolute Gasteiger partial charge is 0.303 e. The molecule has 1 saturated heterocycles. The van der Waals surface area contributed by atoms with E-state index in [0.717, 1.165) is 11.8 Å². The molecule has 11 heteroatoms. The number of amides is 2. The normalized spacial score (nSPS) is 19.3. The van der Waals surface area contributed by atoms with Gasteiger partial charge in [-0.15, -0.1) is 0 Å². The number of nitrogens with one attached hydrogen (secondary N) is 2. The third-order valence-corrected chi connectivity index (χ3v) is 5.31. The lowest BCUT2D eigenvalue weighted by molar-refractivity contribution is -0.304. The lowest BCUT2D eigenvalue weighted by Crippen LogP contribution is -2.56. The van der Waals surface area contributed by atoms with Crippen LogP contribution >= 0.6 is 11.8 Å². The molecule has 0 spiro atoms. The Kier molecular flexibility index (Phi) is 10.6. The highest BCUT2D eigenvalue weighted by Gasteiger charge is 2.45. The fourth-order valence-corrected chi connectivity index (χ4v) is 3.40. The Morgan fingerprint density at radius 3 is 2.32 bits per heavy atom. The molecule has 0 aliphatic carbocycles. The molecule has 1 aliphatic heterocycles. The van der Waals surface area contributed by atoms with E-state index in [1.54, 1.807) is 13.8 Å². The zero-order valence-corrected chi connectivity index (χ0v) is 19.3. The fourth-order valence-electron chi connectivity index (χ4n) is 2.70. The van der Waals surface area contributed by atoms with Gasteiger partial charge in [-0.2, -0.15) is 0 Å². The van der Waals surface area contributed by atoms with Gasteiger partial charge in [-0.1, -0.05) is 25.6 Å². The molecule has 1 atom stereocenters.